The minimum atomic E-state index is 0.649. The van der Waals surface area contributed by atoms with Gasteiger partial charge in [0.1, 0.15) is 12.5 Å². The Balaban J connectivity index is 1.75. The first-order valence-corrected chi connectivity index (χ1v) is 5.28. The monoisotopic (exact) mass is 193 g/mol. The van der Waals surface area contributed by atoms with Gasteiger partial charge in [0.15, 0.2) is 5.89 Å². The Morgan fingerprint density at radius 3 is 3.07 bits per heavy atom. The van der Waals surface area contributed by atoms with Gasteiger partial charge in [0.25, 0.3) is 0 Å². The summed E-state index contributed by atoms with van der Waals surface area (Å²) in [5, 5.41) is 0. The van der Waals surface area contributed by atoms with Crippen molar-refractivity contribution in [3.8, 4) is 0 Å². The summed E-state index contributed by atoms with van der Waals surface area (Å²) in [6, 6.07) is 0. The van der Waals surface area contributed by atoms with Gasteiger partial charge in [-0.2, -0.15) is 0 Å². The van der Waals surface area contributed by atoms with Gasteiger partial charge < -0.3 is 9.21 Å². The summed E-state index contributed by atoms with van der Waals surface area (Å²) in [5.74, 6) is 1.50. The van der Waals surface area contributed by atoms with E-state index >= 15 is 0 Å². The Morgan fingerprint density at radius 1 is 1.50 bits per heavy atom. The van der Waals surface area contributed by atoms with Crippen molar-refractivity contribution < 1.29 is 9.21 Å². The summed E-state index contributed by atoms with van der Waals surface area (Å²) < 4.78 is 5.35. The van der Waals surface area contributed by atoms with E-state index in [4.69, 9.17) is 4.42 Å². The quantitative estimate of drug-likeness (QED) is 0.515. The fourth-order valence-electron chi connectivity index (χ4n) is 1.51. The van der Waals surface area contributed by atoms with Crippen molar-refractivity contribution >= 4 is 6.29 Å². The predicted molar refractivity (Wildman–Crippen MR) is 52.1 cm³/mol. The van der Waals surface area contributed by atoms with Gasteiger partial charge in [-0.25, -0.2) is 4.98 Å². The van der Waals surface area contributed by atoms with Crippen molar-refractivity contribution in [1.82, 2.24) is 4.98 Å². The molecule has 1 aromatic rings. The molecule has 0 unspecified atom stereocenters. The minimum absolute atomic E-state index is 0.649. The van der Waals surface area contributed by atoms with Crippen LogP contribution in [0, 0.1) is 0 Å². The van der Waals surface area contributed by atoms with Gasteiger partial charge in [-0.3, -0.25) is 0 Å². The van der Waals surface area contributed by atoms with Crippen LogP contribution in [-0.4, -0.2) is 11.3 Å². The molecule has 0 spiro atoms. The van der Waals surface area contributed by atoms with Crippen LogP contribution in [0.1, 0.15) is 49.6 Å². The van der Waals surface area contributed by atoms with E-state index in [9.17, 15) is 4.79 Å². The fourth-order valence-corrected chi connectivity index (χ4v) is 1.51. The van der Waals surface area contributed by atoms with E-state index in [1.54, 1.807) is 6.26 Å². The molecule has 1 fully saturated rings. The van der Waals surface area contributed by atoms with Crippen molar-refractivity contribution in [3.63, 3.8) is 0 Å². The first-order chi connectivity index (χ1) is 6.90. The fraction of sp³-hybridized carbons (Fsp3) is 0.636. The standard InChI is InChI=1S/C11H15NO2/c13-7-3-1-2-4-11-12-10(8-14-11)9-5-6-9/h7-9H,1-6H2. The number of nitrogens with zero attached hydrogens (tertiary/aromatic N) is 1. The van der Waals surface area contributed by atoms with Crippen LogP contribution < -0.4 is 0 Å². The highest BCUT2D eigenvalue weighted by molar-refractivity contribution is 5.48. The lowest BCUT2D eigenvalue weighted by atomic mass is 10.2. The molecule has 3 nitrogen and oxygen atoms in total. The molecule has 0 saturated heterocycles. The molecular weight excluding hydrogens is 178 g/mol. The lowest BCUT2D eigenvalue weighted by Crippen LogP contribution is -1.87. The second kappa shape index (κ2) is 4.40. The largest absolute Gasteiger partial charge is 0.449 e. The maximum Gasteiger partial charge on any atom is 0.194 e. The Bertz CT molecular complexity index is 302. The molecule has 0 radical (unpaired) electrons. The summed E-state index contributed by atoms with van der Waals surface area (Å²) in [7, 11) is 0. The summed E-state index contributed by atoms with van der Waals surface area (Å²) in [4.78, 5) is 14.5. The van der Waals surface area contributed by atoms with Crippen molar-refractivity contribution in [2.45, 2.75) is 44.4 Å². The minimum Gasteiger partial charge on any atom is -0.449 e. The number of carbonyl (C=O) groups excluding carboxylic acids is 1. The van der Waals surface area contributed by atoms with E-state index in [-0.39, 0.29) is 0 Å². The van der Waals surface area contributed by atoms with E-state index in [2.05, 4.69) is 4.98 Å². The first-order valence-electron chi connectivity index (χ1n) is 5.28. The molecule has 3 heteroatoms. The summed E-state index contributed by atoms with van der Waals surface area (Å²) in [5.41, 5.74) is 1.12. The number of hydrogen-bond donors (Lipinski definition) is 0. The van der Waals surface area contributed by atoms with Crippen LogP contribution in [0.2, 0.25) is 0 Å². The molecule has 1 aliphatic carbocycles. The van der Waals surface area contributed by atoms with Crippen molar-refractivity contribution in [3.05, 3.63) is 17.8 Å². The molecule has 0 aromatic carbocycles. The number of aromatic nitrogens is 1. The number of hydrogen-bond acceptors (Lipinski definition) is 3. The van der Waals surface area contributed by atoms with Gasteiger partial charge in [-0.05, 0) is 25.7 Å². The Kier molecular flexibility index (Phi) is 2.96. The third kappa shape index (κ3) is 2.44. The lowest BCUT2D eigenvalue weighted by Gasteiger charge is -1.92. The zero-order valence-electron chi connectivity index (χ0n) is 8.24. The van der Waals surface area contributed by atoms with E-state index in [1.165, 1.54) is 12.8 Å². The molecule has 1 heterocycles. The summed E-state index contributed by atoms with van der Waals surface area (Å²) in [6.07, 6.45) is 8.71. The normalized spacial score (nSPS) is 15.7. The highest BCUT2D eigenvalue weighted by Crippen LogP contribution is 2.39. The van der Waals surface area contributed by atoms with Gasteiger partial charge in [-0.1, -0.05) is 0 Å². The molecular formula is C11H15NO2. The zero-order chi connectivity index (χ0) is 9.80. The lowest BCUT2D eigenvalue weighted by molar-refractivity contribution is -0.107. The van der Waals surface area contributed by atoms with Crippen LogP contribution in [-0.2, 0) is 11.2 Å². The zero-order valence-corrected chi connectivity index (χ0v) is 8.24. The average molecular weight is 193 g/mol. The average Bonchev–Trinajstić information content (AvgIpc) is 2.94. The van der Waals surface area contributed by atoms with Gasteiger partial charge in [0, 0.05) is 18.8 Å². The first kappa shape index (κ1) is 9.44. The number of aldehydes is 1. The number of oxazole rings is 1. The van der Waals surface area contributed by atoms with Gasteiger partial charge >= 0.3 is 0 Å². The smallest absolute Gasteiger partial charge is 0.194 e. The molecule has 2 rings (SSSR count). The van der Waals surface area contributed by atoms with Gasteiger partial charge in [0.05, 0.1) is 5.69 Å². The number of carbonyl (C=O) groups is 1. The highest BCUT2D eigenvalue weighted by Gasteiger charge is 2.26. The molecule has 0 aliphatic heterocycles. The van der Waals surface area contributed by atoms with Gasteiger partial charge in [0.2, 0.25) is 0 Å². The van der Waals surface area contributed by atoms with E-state index in [1.807, 2.05) is 0 Å². The molecule has 1 aliphatic rings. The number of unbranched alkanes of at least 4 members (excludes halogenated alkanes) is 2. The van der Waals surface area contributed by atoms with E-state index in [0.717, 1.165) is 37.1 Å². The summed E-state index contributed by atoms with van der Waals surface area (Å²) >= 11 is 0. The third-order valence-electron chi connectivity index (χ3n) is 2.53. The predicted octanol–water partition coefficient (Wildman–Crippen LogP) is 2.46. The topological polar surface area (TPSA) is 43.1 Å². The Morgan fingerprint density at radius 2 is 2.36 bits per heavy atom. The Labute approximate surface area is 83.5 Å². The molecule has 0 bridgehead atoms. The third-order valence-corrected chi connectivity index (χ3v) is 2.53. The number of aryl methyl sites for hydroxylation is 1. The van der Waals surface area contributed by atoms with Crippen molar-refractivity contribution in [2.75, 3.05) is 0 Å². The van der Waals surface area contributed by atoms with Crippen LogP contribution >= 0.6 is 0 Å². The van der Waals surface area contributed by atoms with Crippen LogP contribution in [0.15, 0.2) is 10.7 Å². The van der Waals surface area contributed by atoms with Crippen LogP contribution in [0.4, 0.5) is 0 Å². The second-order valence-corrected chi connectivity index (χ2v) is 3.85. The second-order valence-electron chi connectivity index (χ2n) is 3.85. The van der Waals surface area contributed by atoms with E-state index in [0.29, 0.717) is 12.3 Å². The maximum absolute atomic E-state index is 10.1. The molecule has 0 amide bonds. The maximum atomic E-state index is 10.1. The summed E-state index contributed by atoms with van der Waals surface area (Å²) in [6.45, 7) is 0. The van der Waals surface area contributed by atoms with Crippen molar-refractivity contribution in [2.24, 2.45) is 0 Å². The van der Waals surface area contributed by atoms with Crippen LogP contribution in [0.5, 0.6) is 0 Å². The Hall–Kier alpha value is -1.12. The molecule has 14 heavy (non-hydrogen) atoms. The molecule has 76 valence electrons. The molecule has 1 saturated carbocycles. The SMILES string of the molecule is O=CCCCCc1nc(C2CC2)co1. The molecule has 1 aromatic heterocycles. The van der Waals surface area contributed by atoms with Crippen LogP contribution in [0.25, 0.3) is 0 Å². The molecule has 0 N–H and O–H groups in total. The molecule has 0 atom stereocenters. The van der Waals surface area contributed by atoms with Gasteiger partial charge in [-0.15, -0.1) is 0 Å². The van der Waals surface area contributed by atoms with Crippen molar-refractivity contribution in [1.29, 1.82) is 0 Å². The highest BCUT2D eigenvalue weighted by atomic mass is 16.3. The van der Waals surface area contributed by atoms with E-state index < -0.39 is 0 Å². The van der Waals surface area contributed by atoms with Crippen LogP contribution in [0.3, 0.4) is 0 Å². The number of rotatable bonds is 6.